The lowest BCUT2D eigenvalue weighted by atomic mass is 10.2. The molecule has 8 nitrogen and oxygen atoms in total. The second-order valence-electron chi connectivity index (χ2n) is 7.35. The summed E-state index contributed by atoms with van der Waals surface area (Å²) in [5, 5.41) is 4.65. The molecule has 0 aromatic carbocycles. The summed E-state index contributed by atoms with van der Waals surface area (Å²) < 4.78 is 12.2. The van der Waals surface area contributed by atoms with E-state index in [1.807, 2.05) is 29.2 Å². The van der Waals surface area contributed by atoms with Crippen LogP contribution >= 0.6 is 0 Å². The SMILES string of the molecule is COC[C@@H]1CC[C@@H](C)N1C(=O)c1cc(-c2ccccn2)n(-c2ccc(OC)nc2)n1. The Labute approximate surface area is 175 Å². The van der Waals surface area contributed by atoms with Gasteiger partial charge >= 0.3 is 0 Å². The molecule has 0 N–H and O–H groups in total. The van der Waals surface area contributed by atoms with Gasteiger partial charge in [-0.1, -0.05) is 6.07 Å². The van der Waals surface area contributed by atoms with Crippen molar-refractivity contribution in [3.63, 3.8) is 0 Å². The molecule has 3 aromatic heterocycles. The molecule has 0 radical (unpaired) electrons. The van der Waals surface area contributed by atoms with E-state index in [1.165, 1.54) is 0 Å². The molecule has 1 aliphatic rings. The van der Waals surface area contributed by atoms with Crippen LogP contribution in [0.1, 0.15) is 30.3 Å². The van der Waals surface area contributed by atoms with Crippen molar-refractivity contribution in [2.24, 2.45) is 0 Å². The fourth-order valence-electron chi connectivity index (χ4n) is 3.92. The van der Waals surface area contributed by atoms with Gasteiger partial charge in [0.05, 0.1) is 43.0 Å². The van der Waals surface area contributed by atoms with Crippen molar-refractivity contribution in [2.45, 2.75) is 31.8 Å². The molecule has 1 saturated heterocycles. The van der Waals surface area contributed by atoms with Gasteiger partial charge in [-0.3, -0.25) is 9.78 Å². The number of hydrogen-bond donors (Lipinski definition) is 0. The van der Waals surface area contributed by atoms with Crippen molar-refractivity contribution >= 4 is 5.91 Å². The Kier molecular flexibility index (Phi) is 5.76. The minimum Gasteiger partial charge on any atom is -0.481 e. The molecule has 0 aliphatic carbocycles. The summed E-state index contributed by atoms with van der Waals surface area (Å²) in [6.07, 6.45) is 5.27. The lowest BCUT2D eigenvalue weighted by Crippen LogP contribution is -2.42. The van der Waals surface area contributed by atoms with Crippen molar-refractivity contribution in [3.05, 3.63) is 54.5 Å². The second-order valence-corrected chi connectivity index (χ2v) is 7.35. The highest BCUT2D eigenvalue weighted by molar-refractivity contribution is 5.94. The van der Waals surface area contributed by atoms with E-state index >= 15 is 0 Å². The Hall–Kier alpha value is -3.26. The first-order valence-corrected chi connectivity index (χ1v) is 9.96. The molecule has 0 spiro atoms. The topological polar surface area (TPSA) is 82.4 Å². The monoisotopic (exact) mass is 407 g/mol. The molecule has 2 atom stereocenters. The summed E-state index contributed by atoms with van der Waals surface area (Å²) in [6.45, 7) is 2.59. The maximum Gasteiger partial charge on any atom is 0.274 e. The number of carbonyl (C=O) groups is 1. The fourth-order valence-corrected chi connectivity index (χ4v) is 3.92. The lowest BCUT2D eigenvalue weighted by Gasteiger charge is -2.27. The van der Waals surface area contributed by atoms with E-state index in [9.17, 15) is 4.79 Å². The molecule has 156 valence electrons. The first kappa shape index (κ1) is 20.0. The predicted molar refractivity (Wildman–Crippen MR) is 112 cm³/mol. The standard InChI is InChI=1S/C22H25N5O3/c1-15-7-8-17(14-29-2)26(15)22(28)19-12-20(18-6-4-5-11-23-18)27(25-19)16-9-10-21(30-3)24-13-16/h4-6,9-13,15,17H,7-8,14H2,1-3H3/t15-,17+/m1/s1. The number of nitrogens with zero attached hydrogens (tertiary/aromatic N) is 5. The molecule has 8 heteroatoms. The zero-order chi connectivity index (χ0) is 21.1. The molecule has 1 fully saturated rings. The second kappa shape index (κ2) is 8.62. The Morgan fingerprint density at radius 3 is 2.70 bits per heavy atom. The third kappa shape index (κ3) is 3.78. The van der Waals surface area contributed by atoms with Gasteiger partial charge in [0.25, 0.3) is 5.91 Å². The van der Waals surface area contributed by atoms with Crippen molar-refractivity contribution in [1.29, 1.82) is 0 Å². The third-order valence-electron chi connectivity index (χ3n) is 5.41. The van der Waals surface area contributed by atoms with Crippen LogP contribution in [-0.4, -0.2) is 63.5 Å². The van der Waals surface area contributed by atoms with Gasteiger partial charge in [0.15, 0.2) is 5.69 Å². The van der Waals surface area contributed by atoms with Crippen LogP contribution < -0.4 is 4.74 Å². The summed E-state index contributed by atoms with van der Waals surface area (Å²) in [5.74, 6) is 0.411. The number of pyridine rings is 2. The van der Waals surface area contributed by atoms with Gasteiger partial charge < -0.3 is 14.4 Å². The number of amides is 1. The van der Waals surface area contributed by atoms with E-state index < -0.39 is 0 Å². The highest BCUT2D eigenvalue weighted by atomic mass is 16.5. The van der Waals surface area contributed by atoms with Gasteiger partial charge in [-0.2, -0.15) is 5.10 Å². The molecular weight excluding hydrogens is 382 g/mol. The number of methoxy groups -OCH3 is 2. The summed E-state index contributed by atoms with van der Waals surface area (Å²) in [6, 6.07) is 11.3. The van der Waals surface area contributed by atoms with E-state index in [-0.39, 0.29) is 18.0 Å². The van der Waals surface area contributed by atoms with E-state index in [0.29, 0.717) is 18.2 Å². The van der Waals surface area contributed by atoms with Crippen LogP contribution in [0.3, 0.4) is 0 Å². The quantitative estimate of drug-likeness (QED) is 0.625. The molecule has 0 bridgehead atoms. The van der Waals surface area contributed by atoms with Gasteiger partial charge in [0.2, 0.25) is 5.88 Å². The van der Waals surface area contributed by atoms with Crippen LogP contribution in [0.5, 0.6) is 5.88 Å². The van der Waals surface area contributed by atoms with Gasteiger partial charge in [0, 0.05) is 25.4 Å². The molecule has 1 aliphatic heterocycles. The fraction of sp³-hybridized carbons (Fsp3) is 0.364. The van der Waals surface area contributed by atoms with Crippen LogP contribution in [0.25, 0.3) is 17.1 Å². The summed E-state index contributed by atoms with van der Waals surface area (Å²) in [5.41, 5.74) is 2.54. The van der Waals surface area contributed by atoms with Gasteiger partial charge in [0.1, 0.15) is 0 Å². The Morgan fingerprint density at radius 2 is 2.03 bits per heavy atom. The normalized spacial score (nSPS) is 18.6. The number of carbonyl (C=O) groups excluding carboxylic acids is 1. The minimum atomic E-state index is -0.0977. The summed E-state index contributed by atoms with van der Waals surface area (Å²) in [4.78, 5) is 24.0. The van der Waals surface area contributed by atoms with Crippen LogP contribution in [0, 0.1) is 0 Å². The van der Waals surface area contributed by atoms with Crippen LogP contribution in [0.15, 0.2) is 48.8 Å². The molecule has 3 aromatic rings. The molecule has 30 heavy (non-hydrogen) atoms. The van der Waals surface area contributed by atoms with E-state index in [2.05, 4.69) is 22.0 Å². The largest absolute Gasteiger partial charge is 0.481 e. The molecule has 1 amide bonds. The summed E-state index contributed by atoms with van der Waals surface area (Å²) in [7, 11) is 3.23. The maximum absolute atomic E-state index is 13.4. The Bertz CT molecular complexity index is 1000. The van der Waals surface area contributed by atoms with Gasteiger partial charge in [-0.25, -0.2) is 9.67 Å². The number of ether oxygens (including phenoxy) is 2. The predicted octanol–water partition coefficient (Wildman–Crippen LogP) is 2.98. The zero-order valence-corrected chi connectivity index (χ0v) is 17.4. The lowest BCUT2D eigenvalue weighted by molar-refractivity contribution is 0.0555. The highest BCUT2D eigenvalue weighted by Crippen LogP contribution is 2.28. The molecular formula is C22H25N5O3. The zero-order valence-electron chi connectivity index (χ0n) is 17.4. The average Bonchev–Trinajstić information content (AvgIpc) is 3.38. The van der Waals surface area contributed by atoms with E-state index in [1.54, 1.807) is 43.4 Å². The third-order valence-corrected chi connectivity index (χ3v) is 5.41. The number of rotatable bonds is 6. The maximum atomic E-state index is 13.4. The Morgan fingerprint density at radius 1 is 1.17 bits per heavy atom. The number of hydrogen-bond acceptors (Lipinski definition) is 6. The average molecular weight is 407 g/mol. The number of likely N-dealkylation sites (tertiary alicyclic amines) is 1. The Balaban J connectivity index is 1.76. The van der Waals surface area contributed by atoms with Crippen LogP contribution in [0.2, 0.25) is 0 Å². The first-order valence-electron chi connectivity index (χ1n) is 9.96. The molecule has 4 rings (SSSR count). The van der Waals surface area contributed by atoms with Gasteiger partial charge in [-0.05, 0) is 44.0 Å². The molecule has 4 heterocycles. The number of aromatic nitrogens is 4. The van der Waals surface area contributed by atoms with Crippen molar-refractivity contribution < 1.29 is 14.3 Å². The van der Waals surface area contributed by atoms with Crippen LogP contribution in [-0.2, 0) is 4.74 Å². The van der Waals surface area contributed by atoms with Gasteiger partial charge in [-0.15, -0.1) is 0 Å². The van der Waals surface area contributed by atoms with Crippen LogP contribution in [0.4, 0.5) is 0 Å². The minimum absolute atomic E-state index is 0.0589. The highest BCUT2D eigenvalue weighted by Gasteiger charge is 2.36. The molecule has 0 saturated carbocycles. The summed E-state index contributed by atoms with van der Waals surface area (Å²) >= 11 is 0. The molecule has 0 unspecified atom stereocenters. The van der Waals surface area contributed by atoms with Crippen molar-refractivity contribution in [2.75, 3.05) is 20.8 Å². The first-order chi connectivity index (χ1) is 14.6. The van der Waals surface area contributed by atoms with Crippen molar-refractivity contribution in [3.8, 4) is 23.0 Å². The smallest absolute Gasteiger partial charge is 0.274 e. The van der Waals surface area contributed by atoms with Crippen molar-refractivity contribution in [1.82, 2.24) is 24.6 Å². The van der Waals surface area contributed by atoms with E-state index in [4.69, 9.17) is 9.47 Å². The van der Waals surface area contributed by atoms with E-state index in [0.717, 1.165) is 29.9 Å².